The van der Waals surface area contributed by atoms with Gasteiger partial charge in [-0.2, -0.15) is 0 Å². The lowest BCUT2D eigenvalue weighted by Gasteiger charge is -2.12. The maximum Gasteiger partial charge on any atom is 0.145 e. The van der Waals surface area contributed by atoms with Crippen LogP contribution in [0.3, 0.4) is 0 Å². The fourth-order valence-corrected chi connectivity index (χ4v) is 1.90. The zero-order chi connectivity index (χ0) is 10.7. The predicted octanol–water partition coefficient (Wildman–Crippen LogP) is 2.38. The second-order valence-electron chi connectivity index (χ2n) is 2.84. The van der Waals surface area contributed by atoms with Crippen LogP contribution in [0.1, 0.15) is 11.1 Å². The molecule has 1 aromatic carbocycles. The monoisotopic (exact) mass is 263 g/mol. The largest absolute Gasteiger partial charge is 0.496 e. The topological polar surface area (TPSA) is 41.5 Å². The molecular formula is C9H11BrFNO2. The fourth-order valence-electron chi connectivity index (χ4n) is 1.32. The van der Waals surface area contributed by atoms with E-state index >= 15 is 0 Å². The maximum atomic E-state index is 13.5. The van der Waals surface area contributed by atoms with Crippen molar-refractivity contribution < 1.29 is 14.3 Å². The Morgan fingerprint density at radius 2 is 2.29 bits per heavy atom. The van der Waals surface area contributed by atoms with Crippen molar-refractivity contribution in [1.82, 2.24) is 5.48 Å². The van der Waals surface area contributed by atoms with Gasteiger partial charge in [-0.1, -0.05) is 0 Å². The summed E-state index contributed by atoms with van der Waals surface area (Å²) in [6, 6.07) is 1.63. The molecule has 3 nitrogen and oxygen atoms in total. The van der Waals surface area contributed by atoms with Crippen LogP contribution in [0.2, 0.25) is 0 Å². The van der Waals surface area contributed by atoms with Gasteiger partial charge in [0.2, 0.25) is 0 Å². The summed E-state index contributed by atoms with van der Waals surface area (Å²) in [6.45, 7) is 1.82. The van der Waals surface area contributed by atoms with Crippen molar-refractivity contribution in [2.45, 2.75) is 13.5 Å². The highest BCUT2D eigenvalue weighted by Crippen LogP contribution is 2.31. The van der Waals surface area contributed by atoms with E-state index in [0.717, 1.165) is 5.56 Å². The molecule has 14 heavy (non-hydrogen) atoms. The number of benzene rings is 1. The van der Waals surface area contributed by atoms with Crippen LogP contribution in [0.5, 0.6) is 5.75 Å². The first-order valence-corrected chi connectivity index (χ1v) is 4.79. The molecule has 0 heterocycles. The van der Waals surface area contributed by atoms with E-state index in [1.54, 1.807) is 6.07 Å². The number of halogens is 2. The summed E-state index contributed by atoms with van der Waals surface area (Å²) in [6.07, 6.45) is 0. The van der Waals surface area contributed by atoms with Gasteiger partial charge in [0, 0.05) is 5.56 Å². The first-order valence-electron chi connectivity index (χ1n) is 4.00. The van der Waals surface area contributed by atoms with Gasteiger partial charge in [-0.25, -0.2) is 9.87 Å². The normalized spacial score (nSPS) is 10.4. The molecule has 0 unspecified atom stereocenters. The van der Waals surface area contributed by atoms with Gasteiger partial charge in [0.25, 0.3) is 0 Å². The van der Waals surface area contributed by atoms with E-state index in [0.29, 0.717) is 15.8 Å². The molecule has 0 aliphatic rings. The van der Waals surface area contributed by atoms with Crippen LogP contribution < -0.4 is 10.2 Å². The summed E-state index contributed by atoms with van der Waals surface area (Å²) in [7, 11) is 1.47. The number of methoxy groups -OCH3 is 1. The molecular weight excluding hydrogens is 253 g/mol. The molecule has 5 heteroatoms. The van der Waals surface area contributed by atoms with Crippen molar-refractivity contribution >= 4 is 15.9 Å². The average Bonchev–Trinajstić information content (AvgIpc) is 2.14. The molecule has 0 amide bonds. The lowest BCUT2D eigenvalue weighted by Crippen LogP contribution is -2.10. The van der Waals surface area contributed by atoms with Crippen molar-refractivity contribution in [3.05, 3.63) is 27.5 Å². The van der Waals surface area contributed by atoms with Gasteiger partial charge < -0.3 is 9.94 Å². The summed E-state index contributed by atoms with van der Waals surface area (Å²) in [4.78, 5) is 0. The highest BCUT2D eigenvalue weighted by atomic mass is 79.9. The second kappa shape index (κ2) is 4.72. The van der Waals surface area contributed by atoms with E-state index in [4.69, 9.17) is 9.94 Å². The molecule has 0 aliphatic carbocycles. The van der Waals surface area contributed by atoms with Crippen LogP contribution in [0.15, 0.2) is 10.5 Å². The highest BCUT2D eigenvalue weighted by Gasteiger charge is 2.15. The Balaban J connectivity index is 3.32. The minimum absolute atomic E-state index is 0.00921. The first kappa shape index (κ1) is 11.4. The smallest absolute Gasteiger partial charge is 0.145 e. The summed E-state index contributed by atoms with van der Waals surface area (Å²) in [5, 5.41) is 8.56. The lowest BCUT2D eigenvalue weighted by molar-refractivity contribution is 0.158. The van der Waals surface area contributed by atoms with Crippen LogP contribution in [-0.2, 0) is 6.54 Å². The number of hydroxylamine groups is 1. The predicted molar refractivity (Wildman–Crippen MR) is 54.0 cm³/mol. The van der Waals surface area contributed by atoms with Gasteiger partial charge in [-0.05, 0) is 34.5 Å². The average molecular weight is 264 g/mol. The van der Waals surface area contributed by atoms with E-state index in [1.807, 2.05) is 12.4 Å². The third-order valence-electron chi connectivity index (χ3n) is 1.91. The number of aryl methyl sites for hydroxylation is 1. The molecule has 78 valence electrons. The molecule has 0 aromatic heterocycles. The number of ether oxygens (including phenoxy) is 1. The van der Waals surface area contributed by atoms with Gasteiger partial charge in [-0.3, -0.25) is 0 Å². The number of hydrogen-bond donors (Lipinski definition) is 2. The zero-order valence-electron chi connectivity index (χ0n) is 7.90. The van der Waals surface area contributed by atoms with E-state index in [1.165, 1.54) is 7.11 Å². The van der Waals surface area contributed by atoms with Crippen LogP contribution in [-0.4, -0.2) is 12.3 Å². The second-order valence-corrected chi connectivity index (χ2v) is 3.69. The van der Waals surface area contributed by atoms with Crippen molar-refractivity contribution in [1.29, 1.82) is 0 Å². The standard InChI is InChI=1S/C9H11BrFNO2/c1-5-3-7(10)8(11)6(4-12-13)9(5)14-2/h3,12-13H,4H2,1-2H3. The van der Waals surface area contributed by atoms with E-state index in [-0.39, 0.29) is 6.54 Å². The molecule has 0 fully saturated rings. The van der Waals surface area contributed by atoms with Gasteiger partial charge in [0.05, 0.1) is 18.1 Å². The Kier molecular flexibility index (Phi) is 3.86. The molecule has 0 saturated carbocycles. The molecule has 0 bridgehead atoms. The molecule has 2 N–H and O–H groups in total. The lowest BCUT2D eigenvalue weighted by atomic mass is 10.1. The van der Waals surface area contributed by atoms with Crippen LogP contribution in [0, 0.1) is 12.7 Å². The highest BCUT2D eigenvalue weighted by molar-refractivity contribution is 9.10. The third-order valence-corrected chi connectivity index (χ3v) is 2.49. The van der Waals surface area contributed by atoms with Crippen molar-refractivity contribution in [3.8, 4) is 5.75 Å². The van der Waals surface area contributed by atoms with Gasteiger partial charge in [0.15, 0.2) is 0 Å². The van der Waals surface area contributed by atoms with Crippen molar-refractivity contribution in [2.75, 3.05) is 7.11 Å². The zero-order valence-corrected chi connectivity index (χ0v) is 9.48. The minimum Gasteiger partial charge on any atom is -0.496 e. The fraction of sp³-hybridized carbons (Fsp3) is 0.333. The minimum atomic E-state index is -0.422. The quantitative estimate of drug-likeness (QED) is 0.823. The van der Waals surface area contributed by atoms with E-state index in [2.05, 4.69) is 15.9 Å². The molecule has 0 aliphatic heterocycles. The van der Waals surface area contributed by atoms with Crippen LogP contribution in [0.25, 0.3) is 0 Å². The van der Waals surface area contributed by atoms with Crippen LogP contribution in [0.4, 0.5) is 4.39 Å². The Morgan fingerprint density at radius 1 is 1.64 bits per heavy atom. The maximum absolute atomic E-state index is 13.5. The molecule has 0 atom stereocenters. The SMILES string of the molecule is COc1c(C)cc(Br)c(F)c1CNO. The van der Waals surface area contributed by atoms with Gasteiger partial charge >= 0.3 is 0 Å². The molecule has 0 saturated heterocycles. The van der Waals surface area contributed by atoms with E-state index < -0.39 is 5.82 Å². The van der Waals surface area contributed by atoms with E-state index in [9.17, 15) is 4.39 Å². The Morgan fingerprint density at radius 3 is 2.79 bits per heavy atom. The number of nitrogens with one attached hydrogen (secondary N) is 1. The molecule has 0 spiro atoms. The van der Waals surface area contributed by atoms with Gasteiger partial charge in [-0.15, -0.1) is 0 Å². The van der Waals surface area contributed by atoms with Crippen molar-refractivity contribution in [2.24, 2.45) is 0 Å². The number of hydrogen-bond acceptors (Lipinski definition) is 3. The molecule has 1 rings (SSSR count). The van der Waals surface area contributed by atoms with Gasteiger partial charge in [0.1, 0.15) is 11.6 Å². The third kappa shape index (κ3) is 2.05. The Bertz CT molecular complexity index is 344. The summed E-state index contributed by atoms with van der Waals surface area (Å²) in [5.74, 6) is 0.0289. The Labute approximate surface area is 90.0 Å². The Hall–Kier alpha value is -0.650. The first-order chi connectivity index (χ1) is 6.61. The molecule has 0 radical (unpaired) electrons. The summed E-state index contributed by atoms with van der Waals surface area (Å²) < 4.78 is 19.0. The summed E-state index contributed by atoms with van der Waals surface area (Å²) >= 11 is 3.09. The molecule has 1 aromatic rings. The van der Waals surface area contributed by atoms with Crippen molar-refractivity contribution in [3.63, 3.8) is 0 Å². The number of rotatable bonds is 3. The summed E-state index contributed by atoms with van der Waals surface area (Å²) in [5.41, 5.74) is 3.03. The van der Waals surface area contributed by atoms with Crippen LogP contribution >= 0.6 is 15.9 Å².